The first kappa shape index (κ1) is 13.1. The van der Waals surface area contributed by atoms with E-state index in [-0.39, 0.29) is 0 Å². The number of methoxy groups -OCH3 is 3. The highest BCUT2D eigenvalue weighted by atomic mass is 16.5. The first-order chi connectivity index (χ1) is 9.12. The summed E-state index contributed by atoms with van der Waals surface area (Å²) in [4.78, 5) is 0. The van der Waals surface area contributed by atoms with Crippen molar-refractivity contribution in [3.8, 4) is 28.6 Å². The van der Waals surface area contributed by atoms with Crippen LogP contribution in [0.15, 0.2) is 16.7 Å². The van der Waals surface area contributed by atoms with Gasteiger partial charge in [0.15, 0.2) is 23.1 Å². The number of rotatable bonds is 4. The normalized spacial score (nSPS) is 10.3. The second kappa shape index (κ2) is 5.09. The highest BCUT2D eigenvalue weighted by Gasteiger charge is 2.18. The zero-order valence-electron chi connectivity index (χ0n) is 11.3. The topological polar surface area (TPSA) is 79.7 Å². The summed E-state index contributed by atoms with van der Waals surface area (Å²) >= 11 is 0. The lowest BCUT2D eigenvalue weighted by molar-refractivity contribution is 0.324. The summed E-state index contributed by atoms with van der Waals surface area (Å²) < 4.78 is 21.1. The van der Waals surface area contributed by atoms with Crippen LogP contribution in [0.25, 0.3) is 11.3 Å². The molecule has 0 amide bonds. The van der Waals surface area contributed by atoms with Gasteiger partial charge in [-0.2, -0.15) is 0 Å². The van der Waals surface area contributed by atoms with Crippen molar-refractivity contribution < 1.29 is 18.7 Å². The number of aromatic nitrogens is 1. The van der Waals surface area contributed by atoms with Crippen LogP contribution in [0.1, 0.15) is 5.56 Å². The average molecular weight is 264 g/mol. The number of nitrogens with zero attached hydrogens (tertiary/aromatic N) is 1. The van der Waals surface area contributed by atoms with Crippen molar-refractivity contribution in [2.75, 3.05) is 27.1 Å². The molecule has 0 bridgehead atoms. The van der Waals surface area contributed by atoms with Gasteiger partial charge in [0.05, 0.1) is 21.3 Å². The first-order valence-electron chi connectivity index (χ1n) is 5.64. The number of anilines is 1. The Labute approximate surface area is 111 Å². The second-order valence-electron chi connectivity index (χ2n) is 3.94. The number of nitrogens with two attached hydrogens (primary N) is 1. The molecule has 0 radical (unpaired) electrons. The van der Waals surface area contributed by atoms with Crippen LogP contribution in [0, 0.1) is 6.92 Å². The van der Waals surface area contributed by atoms with Gasteiger partial charge in [-0.05, 0) is 19.1 Å². The van der Waals surface area contributed by atoms with Crippen molar-refractivity contribution in [1.82, 2.24) is 5.16 Å². The lowest BCUT2D eigenvalue weighted by atomic mass is 10.1. The van der Waals surface area contributed by atoms with Crippen LogP contribution in [0.3, 0.4) is 0 Å². The Kier molecular flexibility index (Phi) is 3.50. The fourth-order valence-corrected chi connectivity index (χ4v) is 1.83. The minimum Gasteiger partial charge on any atom is -0.493 e. The largest absolute Gasteiger partial charge is 0.493 e. The SMILES string of the molecule is COc1cc(-c2onc(N)c2C)cc(OC)c1OC. The summed E-state index contributed by atoms with van der Waals surface area (Å²) in [6.45, 7) is 1.84. The molecule has 0 saturated heterocycles. The maximum absolute atomic E-state index is 5.68. The van der Waals surface area contributed by atoms with Gasteiger partial charge in [-0.3, -0.25) is 0 Å². The molecule has 1 heterocycles. The van der Waals surface area contributed by atoms with Crippen LogP contribution in [-0.4, -0.2) is 26.5 Å². The predicted octanol–water partition coefficient (Wildman–Crippen LogP) is 2.26. The van der Waals surface area contributed by atoms with Gasteiger partial charge in [0.2, 0.25) is 5.75 Å². The molecule has 0 saturated carbocycles. The minimum atomic E-state index is 0.365. The van der Waals surface area contributed by atoms with E-state index >= 15 is 0 Å². The van der Waals surface area contributed by atoms with Crippen molar-refractivity contribution in [2.45, 2.75) is 6.92 Å². The molecule has 1 aromatic heterocycles. The summed E-state index contributed by atoms with van der Waals surface area (Å²) in [6, 6.07) is 3.57. The van der Waals surface area contributed by atoms with E-state index in [4.69, 9.17) is 24.5 Å². The Balaban J connectivity index is 2.62. The van der Waals surface area contributed by atoms with E-state index in [1.165, 1.54) is 0 Å². The van der Waals surface area contributed by atoms with Crippen molar-refractivity contribution in [3.63, 3.8) is 0 Å². The molecule has 6 heteroatoms. The predicted molar refractivity (Wildman–Crippen MR) is 70.7 cm³/mol. The molecule has 0 fully saturated rings. The minimum absolute atomic E-state index is 0.365. The average Bonchev–Trinajstić information content (AvgIpc) is 2.77. The van der Waals surface area contributed by atoms with Crippen LogP contribution >= 0.6 is 0 Å². The molecular formula is C13H16N2O4. The molecule has 19 heavy (non-hydrogen) atoms. The van der Waals surface area contributed by atoms with Crippen molar-refractivity contribution in [2.24, 2.45) is 0 Å². The Morgan fingerprint density at radius 3 is 2.00 bits per heavy atom. The standard InChI is InChI=1S/C13H16N2O4/c1-7-11(19-15-13(7)14)8-5-9(16-2)12(18-4)10(6-8)17-3/h5-6H,1-4H3,(H2,14,15). The zero-order valence-corrected chi connectivity index (χ0v) is 11.3. The monoisotopic (exact) mass is 264 g/mol. The molecule has 6 nitrogen and oxygen atoms in total. The maximum atomic E-state index is 5.68. The maximum Gasteiger partial charge on any atom is 0.203 e. The Hall–Kier alpha value is -2.37. The van der Waals surface area contributed by atoms with Gasteiger partial charge in [-0.1, -0.05) is 5.16 Å². The van der Waals surface area contributed by atoms with Gasteiger partial charge in [0.1, 0.15) is 0 Å². The fraction of sp³-hybridized carbons (Fsp3) is 0.308. The zero-order chi connectivity index (χ0) is 14.0. The Morgan fingerprint density at radius 2 is 1.63 bits per heavy atom. The molecule has 0 aliphatic rings. The van der Waals surface area contributed by atoms with Crippen molar-refractivity contribution >= 4 is 5.82 Å². The van der Waals surface area contributed by atoms with Crippen molar-refractivity contribution in [3.05, 3.63) is 17.7 Å². The van der Waals surface area contributed by atoms with Crippen LogP contribution in [0.5, 0.6) is 17.2 Å². The molecule has 0 unspecified atom stereocenters. The van der Waals surface area contributed by atoms with Crippen LogP contribution < -0.4 is 19.9 Å². The lowest BCUT2D eigenvalue weighted by Gasteiger charge is -2.13. The fourth-order valence-electron chi connectivity index (χ4n) is 1.83. The first-order valence-corrected chi connectivity index (χ1v) is 5.64. The number of hydrogen-bond donors (Lipinski definition) is 1. The van der Waals surface area contributed by atoms with E-state index in [0.717, 1.165) is 11.1 Å². The van der Waals surface area contributed by atoms with Gasteiger partial charge in [-0.25, -0.2) is 0 Å². The molecule has 0 atom stereocenters. The van der Waals surface area contributed by atoms with Crippen molar-refractivity contribution in [1.29, 1.82) is 0 Å². The van der Waals surface area contributed by atoms with Crippen LogP contribution in [-0.2, 0) is 0 Å². The molecule has 0 spiro atoms. The quantitative estimate of drug-likeness (QED) is 0.912. The molecule has 0 aliphatic carbocycles. The molecular weight excluding hydrogens is 248 g/mol. The van der Waals surface area contributed by atoms with E-state index in [1.807, 2.05) is 6.92 Å². The molecule has 2 aromatic rings. The summed E-state index contributed by atoms with van der Waals surface area (Å²) in [5, 5.41) is 3.74. The highest BCUT2D eigenvalue weighted by Crippen LogP contribution is 2.42. The van der Waals surface area contributed by atoms with Gasteiger partial charge >= 0.3 is 0 Å². The Bertz CT molecular complexity index is 567. The summed E-state index contributed by atoms with van der Waals surface area (Å²) in [6.07, 6.45) is 0. The van der Waals surface area contributed by atoms with Gasteiger partial charge in [0, 0.05) is 11.1 Å². The third kappa shape index (κ3) is 2.16. The highest BCUT2D eigenvalue weighted by molar-refractivity contribution is 5.71. The smallest absolute Gasteiger partial charge is 0.203 e. The third-order valence-electron chi connectivity index (χ3n) is 2.89. The van der Waals surface area contributed by atoms with E-state index < -0.39 is 0 Å². The van der Waals surface area contributed by atoms with E-state index in [2.05, 4.69) is 5.16 Å². The van der Waals surface area contributed by atoms with E-state index in [9.17, 15) is 0 Å². The van der Waals surface area contributed by atoms with E-state index in [1.54, 1.807) is 33.5 Å². The number of nitrogen functional groups attached to an aromatic ring is 1. The second-order valence-corrected chi connectivity index (χ2v) is 3.94. The molecule has 102 valence electrons. The number of ether oxygens (including phenoxy) is 3. The van der Waals surface area contributed by atoms with Crippen LogP contribution in [0.4, 0.5) is 5.82 Å². The summed E-state index contributed by atoms with van der Waals surface area (Å²) in [5.41, 5.74) is 7.22. The number of benzene rings is 1. The molecule has 2 rings (SSSR count). The molecule has 2 N–H and O–H groups in total. The third-order valence-corrected chi connectivity index (χ3v) is 2.89. The summed E-state index contributed by atoms with van der Waals surface area (Å²) in [7, 11) is 4.67. The van der Waals surface area contributed by atoms with E-state index in [0.29, 0.717) is 28.8 Å². The van der Waals surface area contributed by atoms with Gasteiger partial charge in [0.25, 0.3) is 0 Å². The van der Waals surface area contributed by atoms with Gasteiger partial charge < -0.3 is 24.5 Å². The molecule has 1 aromatic carbocycles. The lowest BCUT2D eigenvalue weighted by Crippen LogP contribution is -1.96. The summed E-state index contributed by atoms with van der Waals surface area (Å²) in [5.74, 6) is 2.57. The Morgan fingerprint density at radius 1 is 1.05 bits per heavy atom. The van der Waals surface area contributed by atoms with Gasteiger partial charge in [-0.15, -0.1) is 0 Å². The van der Waals surface area contributed by atoms with Crippen LogP contribution in [0.2, 0.25) is 0 Å². The number of hydrogen-bond acceptors (Lipinski definition) is 6. The molecule has 0 aliphatic heterocycles.